The highest BCUT2D eigenvalue weighted by Crippen LogP contribution is 2.39. The van der Waals surface area contributed by atoms with Crippen molar-refractivity contribution in [2.45, 2.75) is 39.4 Å². The van der Waals surface area contributed by atoms with Gasteiger partial charge < -0.3 is 40.5 Å². The first kappa shape index (κ1) is 37.8. The quantitative estimate of drug-likeness (QED) is 0.0851. The molecule has 0 aliphatic carbocycles. The van der Waals surface area contributed by atoms with Gasteiger partial charge in [0.25, 0.3) is 0 Å². The molecule has 14 heteroatoms. The van der Waals surface area contributed by atoms with Crippen LogP contribution in [-0.2, 0) is 23.0 Å². The van der Waals surface area contributed by atoms with Gasteiger partial charge in [-0.25, -0.2) is 0 Å². The number of carbonyl (C=O) groups is 1. The summed E-state index contributed by atoms with van der Waals surface area (Å²) in [6.07, 6.45) is -0.401. The fraction of sp³-hybridized carbons (Fsp3) is 0.382. The minimum atomic E-state index is -0.609. The molecule has 0 radical (unpaired) electrons. The Labute approximate surface area is 286 Å². The van der Waals surface area contributed by atoms with Crippen molar-refractivity contribution < 1.29 is 29.2 Å². The zero-order valence-electron chi connectivity index (χ0n) is 28.8. The van der Waals surface area contributed by atoms with Crippen molar-refractivity contribution in [3.05, 3.63) is 71.8 Å². The molecule has 0 saturated heterocycles. The van der Waals surface area contributed by atoms with E-state index in [4.69, 9.17) is 4.74 Å². The smallest absolute Gasteiger partial charge is 0.431 e. The number of aliphatic hydroxyl groups is 2. The summed E-state index contributed by atoms with van der Waals surface area (Å²) in [6.45, 7) is 5.40. The fourth-order valence-electron chi connectivity index (χ4n) is 4.61. The predicted octanol–water partition coefficient (Wildman–Crippen LogP) is 5.56. The van der Waals surface area contributed by atoms with Gasteiger partial charge in [-0.1, -0.05) is 29.4 Å². The summed E-state index contributed by atoms with van der Waals surface area (Å²) in [4.78, 5) is 13.9. The Hall–Kier alpha value is -4.63. The maximum Gasteiger partial charge on any atom is 0.431 e. The molecule has 0 bridgehead atoms. The Balaban J connectivity index is 0.00000201. The topological polar surface area (TPSA) is 157 Å². The molecule has 1 amide bonds. The van der Waals surface area contributed by atoms with E-state index in [0.29, 0.717) is 46.2 Å². The zero-order valence-corrected chi connectivity index (χ0v) is 29.6. The molecule has 2 unspecified atom stereocenters. The van der Waals surface area contributed by atoms with E-state index in [2.05, 4.69) is 72.4 Å². The lowest BCUT2D eigenvalue weighted by Gasteiger charge is -2.23. The number of aliphatic hydroxyl groups excluding tert-OH is 2. The van der Waals surface area contributed by atoms with Crippen molar-refractivity contribution >= 4 is 55.9 Å². The van der Waals surface area contributed by atoms with Gasteiger partial charge in [0.15, 0.2) is 0 Å². The summed E-state index contributed by atoms with van der Waals surface area (Å²) in [6, 6.07) is 20.0. The van der Waals surface area contributed by atoms with Gasteiger partial charge >= 0.3 is 5.13 Å². The Morgan fingerprint density at radius 1 is 0.938 bits per heavy atom. The van der Waals surface area contributed by atoms with E-state index in [0.717, 1.165) is 17.8 Å². The average molecular weight is 680 g/mol. The summed E-state index contributed by atoms with van der Waals surface area (Å²) in [5.41, 5.74) is 5.83. The van der Waals surface area contributed by atoms with Gasteiger partial charge in [-0.05, 0) is 78.2 Å². The molecule has 4 rings (SSSR count). The third-order valence-electron chi connectivity index (χ3n) is 6.69. The number of azo groups is 1. The minimum absolute atomic E-state index is 0.257. The highest BCUT2D eigenvalue weighted by molar-refractivity contribution is 7.18. The Morgan fingerprint density at radius 3 is 2.00 bits per heavy atom. The van der Waals surface area contributed by atoms with Crippen LogP contribution in [-0.4, -0.2) is 74.9 Å². The summed E-state index contributed by atoms with van der Waals surface area (Å²) >= 11 is 1.27. The van der Waals surface area contributed by atoms with Crippen molar-refractivity contribution in [1.82, 2.24) is 5.10 Å². The minimum Gasteiger partial charge on any atom is -0.494 e. The number of carbonyl (C=O) groups excluding carboxylic acids is 1. The molecule has 4 aromatic rings. The first-order valence-electron chi connectivity index (χ1n) is 15.4. The molecule has 1 heterocycles. The molecule has 0 fully saturated rings. The average Bonchev–Trinajstić information content (AvgIpc) is 3.41. The van der Waals surface area contributed by atoms with Crippen LogP contribution in [0.15, 0.2) is 70.9 Å². The number of nitrogens with one attached hydrogen (secondary N) is 3. The van der Waals surface area contributed by atoms with Crippen LogP contribution >= 0.6 is 11.3 Å². The number of ether oxygens (including phenoxy) is 2. The van der Waals surface area contributed by atoms with Gasteiger partial charge in [0, 0.05) is 58.7 Å². The Bertz CT molecular complexity index is 1620. The molecule has 258 valence electrons. The highest BCUT2D eigenvalue weighted by atomic mass is 32.1. The molecular weight excluding hydrogens is 632 g/mol. The second kappa shape index (κ2) is 18.6. The van der Waals surface area contributed by atoms with E-state index in [-0.39, 0.29) is 5.91 Å². The number of aromatic nitrogens is 2. The lowest BCUT2D eigenvalue weighted by molar-refractivity contribution is -0.712. The molecule has 3 aromatic carbocycles. The predicted molar refractivity (Wildman–Crippen MR) is 192 cm³/mol. The Kier molecular flexibility index (Phi) is 14.7. The van der Waals surface area contributed by atoms with Crippen molar-refractivity contribution in [2.75, 3.05) is 62.3 Å². The summed E-state index contributed by atoms with van der Waals surface area (Å²) in [7, 11) is 8.46. The molecule has 1 aromatic heterocycles. The maximum atomic E-state index is 12.1. The Morgan fingerprint density at radius 2 is 1.50 bits per heavy atom. The van der Waals surface area contributed by atoms with Crippen molar-refractivity contribution in [3.63, 3.8) is 0 Å². The molecule has 0 aliphatic rings. The first-order valence-corrected chi connectivity index (χ1v) is 16.2. The number of hydrogen-bond donors (Lipinski definition) is 5. The molecule has 5 N–H and O–H groups in total. The standard InChI is InChI=1S/C32H40N8O4S.C2H6O/c1-20(41)18-40(19-21(2)42)32-38-39(5)31(45-32)37-36-28-17-30(44-6)29(16-27(28)34-22(3)43)35-26-13-9-24(10-14-26)15-23-7-11-25(33-4)12-8-23;1-3-2/h7-14,16-17,20-21,33,41-42H,15,18-19H2,1-6H3,(H,34,35,43);1-2H3/p+1. The second-order valence-electron chi connectivity index (χ2n) is 11.2. The largest absolute Gasteiger partial charge is 0.494 e. The molecule has 0 spiro atoms. The van der Waals surface area contributed by atoms with Gasteiger partial charge in [-0.15, -0.1) is 4.68 Å². The third kappa shape index (κ3) is 11.6. The zero-order chi connectivity index (χ0) is 35.2. The third-order valence-corrected chi connectivity index (χ3v) is 7.74. The van der Waals surface area contributed by atoms with Crippen LogP contribution in [0.3, 0.4) is 0 Å². The van der Waals surface area contributed by atoms with E-state index in [9.17, 15) is 15.0 Å². The van der Waals surface area contributed by atoms with Crippen LogP contribution < -0.4 is 30.3 Å². The van der Waals surface area contributed by atoms with Gasteiger partial charge in [0.2, 0.25) is 11.0 Å². The fourth-order valence-corrected chi connectivity index (χ4v) is 5.47. The lowest BCUT2D eigenvalue weighted by Crippen LogP contribution is -2.38. The number of amides is 1. The van der Waals surface area contributed by atoms with Gasteiger partial charge in [0.05, 0.1) is 35.8 Å². The summed E-state index contributed by atoms with van der Waals surface area (Å²) in [5.74, 6) is 0.258. The normalized spacial score (nSPS) is 12.1. The van der Waals surface area contributed by atoms with Crippen LogP contribution in [0.1, 0.15) is 31.9 Å². The van der Waals surface area contributed by atoms with E-state index in [1.54, 1.807) is 63.9 Å². The molecule has 0 saturated carbocycles. The van der Waals surface area contributed by atoms with Crippen molar-refractivity contribution in [3.8, 4) is 5.75 Å². The highest BCUT2D eigenvalue weighted by Gasteiger charge is 2.23. The van der Waals surface area contributed by atoms with Crippen molar-refractivity contribution in [1.29, 1.82) is 0 Å². The number of nitrogens with zero attached hydrogens (tertiary/aromatic N) is 5. The molecule has 48 heavy (non-hydrogen) atoms. The molecular formula is C34H47N8O5S+. The van der Waals surface area contributed by atoms with Gasteiger partial charge in [-0.2, -0.15) is 0 Å². The van der Waals surface area contributed by atoms with Crippen LogP contribution in [0.4, 0.5) is 38.7 Å². The number of aryl methyl sites for hydroxylation is 1. The molecule has 13 nitrogen and oxygen atoms in total. The summed E-state index contributed by atoms with van der Waals surface area (Å²) < 4.78 is 11.5. The van der Waals surface area contributed by atoms with E-state index in [1.165, 1.54) is 29.4 Å². The first-order chi connectivity index (χ1) is 23.0. The number of rotatable bonds is 14. The lowest BCUT2D eigenvalue weighted by atomic mass is 10.0. The van der Waals surface area contributed by atoms with E-state index < -0.39 is 12.2 Å². The molecule has 2 atom stereocenters. The van der Waals surface area contributed by atoms with Gasteiger partial charge in [0.1, 0.15) is 18.5 Å². The summed E-state index contributed by atoms with van der Waals surface area (Å²) in [5, 5.41) is 43.6. The monoisotopic (exact) mass is 679 g/mol. The van der Waals surface area contributed by atoms with Crippen molar-refractivity contribution in [2.24, 2.45) is 17.3 Å². The van der Waals surface area contributed by atoms with Gasteiger partial charge in [-0.3, -0.25) is 4.79 Å². The SMILES string of the molecule is CNc1ccc(Cc2ccc(Nc3cc(NC(C)=O)c(N=Nc4sc(N(CC(C)O)CC(C)O)n[n+]4C)cc3OC)cc2)cc1.COC. The maximum absolute atomic E-state index is 12.1. The van der Waals surface area contributed by atoms with E-state index in [1.807, 2.05) is 19.2 Å². The number of methoxy groups -OCH3 is 2. The number of anilines is 5. The number of hydrogen-bond acceptors (Lipinski definition) is 12. The van der Waals surface area contributed by atoms with Crippen LogP contribution in [0.2, 0.25) is 0 Å². The number of benzene rings is 3. The van der Waals surface area contributed by atoms with Crippen LogP contribution in [0, 0.1) is 0 Å². The second-order valence-corrected chi connectivity index (χ2v) is 12.1. The van der Waals surface area contributed by atoms with Crippen LogP contribution in [0.5, 0.6) is 5.75 Å². The van der Waals surface area contributed by atoms with Crippen LogP contribution in [0.25, 0.3) is 0 Å². The molecule has 0 aliphatic heterocycles. The van der Waals surface area contributed by atoms with E-state index >= 15 is 0 Å².